The van der Waals surface area contributed by atoms with E-state index in [-0.39, 0.29) is 65.8 Å². The molecule has 1 aliphatic heterocycles. The second kappa shape index (κ2) is 39.0. The molecule has 31 heteroatoms. The number of pyridine rings is 6. The predicted molar refractivity (Wildman–Crippen MR) is 548 cm³/mol. The summed E-state index contributed by atoms with van der Waals surface area (Å²) in [6, 6.07) is 73.7. The van der Waals surface area contributed by atoms with Gasteiger partial charge in [0.05, 0.1) is 85.5 Å². The Bertz CT molecular complexity index is 8750. The maximum absolute atomic E-state index is 13.6. The number of hydrogen-bond donors (Lipinski definition) is 6. The Morgan fingerprint density at radius 2 is 0.843 bits per heavy atom. The van der Waals surface area contributed by atoms with Gasteiger partial charge >= 0.3 is 0 Å². The molecule has 0 bridgehead atoms. The summed E-state index contributed by atoms with van der Waals surface area (Å²) in [6.07, 6.45) is 4.36. The van der Waals surface area contributed by atoms with Gasteiger partial charge in [0, 0.05) is 114 Å². The van der Waals surface area contributed by atoms with Crippen LogP contribution in [0.25, 0.3) is 135 Å². The molecule has 11 heterocycles. The van der Waals surface area contributed by atoms with E-state index in [2.05, 4.69) is 60.4 Å². The first-order chi connectivity index (χ1) is 65.0. The van der Waals surface area contributed by atoms with Gasteiger partial charge < -0.3 is 37.1 Å². The molecule has 21 nitrogen and oxygen atoms in total. The fourth-order valence-electron chi connectivity index (χ4n) is 16.0. The number of nitrogen functional groups attached to an aromatic ring is 1. The fourth-order valence-corrected chi connectivity index (χ4v) is 22.7. The van der Waals surface area contributed by atoms with Gasteiger partial charge in [-0.05, 0) is 184 Å². The fraction of sp³-hybridized carbons (Fsp3) is 0.107. The third-order valence-electron chi connectivity index (χ3n) is 22.3. The SMILES string of the molecule is CCCNCCCNc1nc2ccccc2c2c1S(=O)(=O)c1ccc(Cl)cc1C2=O.CCCNc1nc2ccccc2c2c(=O)c3cc(F)ccc3sc12.COc1ccc(CNc2nc3ccccc3c3c(=O)c4cc(Cl)ccc4sc23)cc1.Nc1nc2ccccc2c2c(=O)c3cc(F)ccc3sc12.O=C(Nc1nc2ccccc2c2c(=O)c3cc(Cl)ccc3sc12)c1ccccn1. The largest absolute Gasteiger partial charge is 0.497 e. The zero-order chi connectivity index (χ0) is 93.2. The molecule has 0 atom stereocenters. The van der Waals surface area contributed by atoms with E-state index in [1.807, 2.05) is 146 Å². The zero-order valence-corrected chi connectivity index (χ0v) is 77.7. The van der Waals surface area contributed by atoms with Crippen LogP contribution in [0.4, 0.5) is 37.9 Å². The highest BCUT2D eigenvalue weighted by Gasteiger charge is 2.40. The third kappa shape index (κ3) is 18.1. The third-order valence-corrected chi connectivity index (χ3v) is 29.6. The molecular formula is C103H75Cl3F2N12O9S5. The highest BCUT2D eigenvalue weighted by atomic mass is 35.5. The highest BCUT2D eigenvalue weighted by molar-refractivity contribution is 7.92. The van der Waals surface area contributed by atoms with Crippen molar-refractivity contribution in [2.24, 2.45) is 0 Å². The van der Waals surface area contributed by atoms with Crippen LogP contribution in [0.2, 0.25) is 15.1 Å². The van der Waals surface area contributed by atoms with Gasteiger partial charge in [-0.15, -0.1) is 45.3 Å². The minimum Gasteiger partial charge on any atom is -0.497 e. The van der Waals surface area contributed by atoms with E-state index in [4.69, 9.17) is 55.2 Å². The molecule has 22 rings (SSSR count). The molecular weight excluding hydrogens is 1850 g/mol. The first-order valence-electron chi connectivity index (χ1n) is 42.4. The summed E-state index contributed by atoms with van der Waals surface area (Å²) in [5.41, 5.74) is 10.5. The number of sulfone groups is 1. The van der Waals surface area contributed by atoms with Crippen LogP contribution in [0.5, 0.6) is 5.75 Å². The van der Waals surface area contributed by atoms with Crippen LogP contribution in [-0.4, -0.2) is 83.3 Å². The van der Waals surface area contributed by atoms with Crippen molar-refractivity contribution in [2.75, 3.05) is 60.3 Å². The first-order valence-corrected chi connectivity index (χ1v) is 48.3. The number of carbonyl (C=O) groups is 2. The zero-order valence-electron chi connectivity index (χ0n) is 71.3. The number of hydrogen-bond acceptors (Lipinski definition) is 24. The van der Waals surface area contributed by atoms with Crippen LogP contribution in [-0.2, 0) is 16.4 Å². The molecule has 0 aliphatic carbocycles. The Morgan fingerprint density at radius 1 is 0.425 bits per heavy atom. The number of nitrogens with zero attached hydrogens (tertiary/aromatic N) is 6. The molecule has 0 fully saturated rings. The number of nitrogens with two attached hydrogens (primary N) is 1. The molecule has 134 heavy (non-hydrogen) atoms. The van der Waals surface area contributed by atoms with Crippen LogP contribution in [0.1, 0.15) is 65.1 Å². The van der Waals surface area contributed by atoms with Gasteiger partial charge in [0.2, 0.25) is 9.84 Å². The molecule has 0 unspecified atom stereocenters. The average molecular weight is 1930 g/mol. The number of anilines is 5. The lowest BCUT2D eigenvalue weighted by Crippen LogP contribution is -2.24. The number of methoxy groups -OCH3 is 1. The number of amides is 1. The lowest BCUT2D eigenvalue weighted by atomic mass is 9.98. The standard InChI is InChI=1S/C24H17ClN2O2S.C22H22ClN3O3S.C22H12ClN3O2S.C19H15FN2OS.C16H9FN2OS/c1-29-16-9-6-14(7-10-16)13-26-24-23-21(17-4-2-3-5-19(17)27-24)22(28)18-12-15(25)8-11-20(18)30-23;1-2-10-24-11-5-12-25-22-21-19(15-6-3-4-7-17(15)26-22)20(27)16-13-14(23)8-9-18(16)30(21,28)29;23-12-8-9-17-14(11-12)19(27)18-13-5-1-2-6-15(13)25-21(20(18)29-17)26-22(28)16-7-3-4-10-24-16;1-2-9-21-19-18-16(12-5-3-4-6-14(12)22-19)17(23)13-10-11(20)7-8-15(13)24-18;17-8-5-6-12-10(7-8)14(20)13-9-3-1-2-4-11(9)19-16(18)15(13)21-12/h2-12H,13H2,1H3,(H,26,27);3-4,6-9,13,24H,2,5,10-12H2,1H3,(H,25,26);1-11H,(H,25,26,28);3-8,10H,2,9H2,1H3,(H,21,22);1-7H,(H2,18,19). The summed E-state index contributed by atoms with van der Waals surface area (Å²) >= 11 is 24.1. The molecule has 21 aromatic rings. The number of ether oxygens (including phenoxy) is 1. The van der Waals surface area contributed by atoms with Gasteiger partial charge in [-0.2, -0.15) is 0 Å². The number of carbonyl (C=O) groups excluding carboxylic acids is 2. The summed E-state index contributed by atoms with van der Waals surface area (Å²) in [6.45, 7) is 7.83. The van der Waals surface area contributed by atoms with Crippen molar-refractivity contribution in [3.63, 3.8) is 0 Å². The molecule has 7 N–H and O–H groups in total. The lowest BCUT2D eigenvalue weighted by Gasteiger charge is -2.23. The van der Waals surface area contributed by atoms with E-state index in [0.29, 0.717) is 125 Å². The Morgan fingerprint density at radius 3 is 1.35 bits per heavy atom. The smallest absolute Gasteiger partial charge is 0.275 e. The van der Waals surface area contributed by atoms with Gasteiger partial charge in [0.1, 0.15) is 51.2 Å². The Kier molecular flexibility index (Phi) is 26.4. The van der Waals surface area contributed by atoms with E-state index in [9.17, 15) is 46.0 Å². The summed E-state index contributed by atoms with van der Waals surface area (Å²) < 4.78 is 65.4. The molecule has 666 valence electrons. The van der Waals surface area contributed by atoms with E-state index in [1.165, 1.54) is 76.5 Å². The number of fused-ring (bicyclic) bond motifs is 20. The molecule has 0 saturated heterocycles. The van der Waals surface area contributed by atoms with Crippen molar-refractivity contribution in [1.82, 2.24) is 35.2 Å². The van der Waals surface area contributed by atoms with Gasteiger partial charge in [0.15, 0.2) is 33.3 Å². The highest BCUT2D eigenvalue weighted by Crippen LogP contribution is 2.44. The van der Waals surface area contributed by atoms with Crippen LogP contribution >= 0.6 is 80.1 Å². The van der Waals surface area contributed by atoms with Crippen molar-refractivity contribution in [1.29, 1.82) is 0 Å². The molecule has 0 spiro atoms. The monoisotopic (exact) mass is 1930 g/mol. The topological polar surface area (TPSA) is 309 Å². The second-order valence-corrected chi connectivity index (χ2v) is 38.4. The molecule has 11 aromatic carbocycles. The molecule has 0 radical (unpaired) electrons. The maximum Gasteiger partial charge on any atom is 0.275 e. The maximum atomic E-state index is 13.6. The Balaban J connectivity index is 0.000000113. The summed E-state index contributed by atoms with van der Waals surface area (Å²) in [5.74, 6) is 1.58. The number of ketones is 1. The summed E-state index contributed by atoms with van der Waals surface area (Å²) in [7, 11) is -2.29. The van der Waals surface area contributed by atoms with Gasteiger partial charge in [-0.25, -0.2) is 42.1 Å². The lowest BCUT2D eigenvalue weighted by molar-refractivity contribution is 0.101. The number of para-hydroxylation sites is 5. The normalized spacial score (nSPS) is 12.0. The minimum atomic E-state index is -3.94. The minimum absolute atomic E-state index is 0.0210. The number of benzene rings is 11. The van der Waals surface area contributed by atoms with Gasteiger partial charge in [0.25, 0.3) is 5.91 Å². The van der Waals surface area contributed by atoms with E-state index in [1.54, 1.807) is 91.4 Å². The van der Waals surface area contributed by atoms with Crippen LogP contribution < -0.4 is 58.8 Å². The molecule has 1 aliphatic rings. The molecule has 10 aromatic heterocycles. The van der Waals surface area contributed by atoms with Crippen LogP contribution in [0, 0.1) is 11.6 Å². The molecule has 1 amide bonds. The Labute approximate surface area is 792 Å². The summed E-state index contributed by atoms with van der Waals surface area (Å²) in [4.78, 5) is 106. The summed E-state index contributed by atoms with van der Waals surface area (Å²) in [5, 5.41) is 25.4. The molecule has 0 saturated carbocycles. The first kappa shape index (κ1) is 90.5. The number of halogens is 5. The van der Waals surface area contributed by atoms with Crippen LogP contribution in [0.3, 0.4) is 0 Å². The number of rotatable bonds is 16. The average Bonchev–Trinajstić information content (AvgIpc) is 0.711. The van der Waals surface area contributed by atoms with Gasteiger partial charge in [-0.1, -0.05) is 158 Å². The van der Waals surface area contributed by atoms with Crippen molar-refractivity contribution >= 4 is 266 Å². The van der Waals surface area contributed by atoms with Crippen molar-refractivity contribution < 1.29 is 31.5 Å². The number of aromatic nitrogens is 6. The van der Waals surface area contributed by atoms with Gasteiger partial charge in [-0.3, -0.25) is 33.8 Å². The van der Waals surface area contributed by atoms with E-state index >= 15 is 0 Å². The number of nitrogens with one attached hydrogen (secondary N) is 5. The second-order valence-electron chi connectivity index (χ2n) is 31.0. The van der Waals surface area contributed by atoms with Crippen LogP contribution in [0.15, 0.2) is 290 Å². The van der Waals surface area contributed by atoms with Crippen molar-refractivity contribution in [3.8, 4) is 5.75 Å². The quantitative estimate of drug-likeness (QED) is 0.0297. The van der Waals surface area contributed by atoms with E-state index < -0.39 is 21.5 Å². The van der Waals surface area contributed by atoms with E-state index in [0.717, 1.165) is 112 Å². The van der Waals surface area contributed by atoms with Crippen molar-refractivity contribution in [2.45, 2.75) is 49.4 Å². The van der Waals surface area contributed by atoms with Crippen molar-refractivity contribution in [3.05, 3.63) is 351 Å². The Hall–Kier alpha value is -14.0. The predicted octanol–water partition coefficient (Wildman–Crippen LogP) is 24.2.